The molecule has 0 saturated heterocycles. The van der Waals surface area contributed by atoms with Crippen LogP contribution in [0.1, 0.15) is 55.4 Å². The van der Waals surface area contributed by atoms with Gasteiger partial charge < -0.3 is 10.4 Å². The van der Waals surface area contributed by atoms with E-state index in [1.807, 2.05) is 6.08 Å². The molecule has 4 heteroatoms. The molecule has 3 N–H and O–H groups in total. The Kier molecular flexibility index (Phi) is 5.26. The summed E-state index contributed by atoms with van der Waals surface area (Å²) in [5, 5.41) is 21.1. The van der Waals surface area contributed by atoms with Gasteiger partial charge in [-0.05, 0) is 46.7 Å². The molecular formula is C28H31N3O. The molecule has 1 atom stereocenters. The first-order valence-corrected chi connectivity index (χ1v) is 11.5. The van der Waals surface area contributed by atoms with Crippen LogP contribution in [0, 0.1) is 5.41 Å². The molecule has 0 spiro atoms. The summed E-state index contributed by atoms with van der Waals surface area (Å²) in [4.78, 5) is 0. The van der Waals surface area contributed by atoms with Crippen LogP contribution >= 0.6 is 0 Å². The molecule has 2 aromatic carbocycles. The maximum absolute atomic E-state index is 9.56. The van der Waals surface area contributed by atoms with Crippen molar-refractivity contribution in [2.75, 3.05) is 6.54 Å². The second-order valence-corrected chi connectivity index (χ2v) is 10.2. The van der Waals surface area contributed by atoms with Gasteiger partial charge in [0.05, 0.1) is 11.4 Å². The summed E-state index contributed by atoms with van der Waals surface area (Å²) < 4.78 is 0. The van der Waals surface area contributed by atoms with Crippen molar-refractivity contribution in [1.82, 2.24) is 15.5 Å². The fourth-order valence-corrected chi connectivity index (χ4v) is 4.64. The quantitative estimate of drug-likeness (QED) is 0.353. The lowest BCUT2D eigenvalue weighted by Gasteiger charge is -2.19. The molecule has 0 amide bonds. The zero-order valence-corrected chi connectivity index (χ0v) is 19.1. The second-order valence-electron chi connectivity index (χ2n) is 10.2. The van der Waals surface area contributed by atoms with Crippen molar-refractivity contribution in [3.8, 4) is 22.5 Å². The SMILES string of the molecule is CC(C)(C)CNCc1ccc2c(c1)-c1[nH]nc(-c3ccc(C4C=CC(O)=CC4)cc3)c1C2. The van der Waals surface area contributed by atoms with Gasteiger partial charge in [-0.1, -0.05) is 63.2 Å². The van der Waals surface area contributed by atoms with E-state index < -0.39 is 0 Å². The molecule has 0 saturated carbocycles. The Morgan fingerprint density at radius 3 is 2.66 bits per heavy atom. The van der Waals surface area contributed by atoms with Crippen LogP contribution in [0.15, 0.2) is 66.5 Å². The van der Waals surface area contributed by atoms with Crippen molar-refractivity contribution in [2.45, 2.75) is 46.1 Å². The van der Waals surface area contributed by atoms with Crippen LogP contribution in [0.5, 0.6) is 0 Å². The van der Waals surface area contributed by atoms with E-state index in [0.29, 0.717) is 11.7 Å². The Hall–Kier alpha value is -3.11. The lowest BCUT2D eigenvalue weighted by Crippen LogP contribution is -2.26. The van der Waals surface area contributed by atoms with Crippen LogP contribution in [0.2, 0.25) is 0 Å². The van der Waals surface area contributed by atoms with Crippen LogP contribution in [-0.2, 0) is 13.0 Å². The number of aliphatic hydroxyl groups excluding tert-OH is 1. The Morgan fingerprint density at radius 2 is 1.94 bits per heavy atom. The van der Waals surface area contributed by atoms with Crippen molar-refractivity contribution in [3.63, 3.8) is 0 Å². The van der Waals surface area contributed by atoms with E-state index in [4.69, 9.17) is 0 Å². The summed E-state index contributed by atoms with van der Waals surface area (Å²) in [5.74, 6) is 0.678. The molecule has 2 aliphatic rings. The van der Waals surface area contributed by atoms with E-state index in [-0.39, 0.29) is 5.41 Å². The third-order valence-corrected chi connectivity index (χ3v) is 6.35. The lowest BCUT2D eigenvalue weighted by molar-refractivity contribution is 0.379. The summed E-state index contributed by atoms with van der Waals surface area (Å²) in [6, 6.07) is 15.5. The molecule has 4 nitrogen and oxygen atoms in total. The second kappa shape index (κ2) is 8.10. The average Bonchev–Trinajstić information content (AvgIpc) is 3.33. The van der Waals surface area contributed by atoms with Gasteiger partial charge in [0.1, 0.15) is 5.76 Å². The van der Waals surface area contributed by atoms with Crippen molar-refractivity contribution in [3.05, 3.63) is 88.7 Å². The van der Waals surface area contributed by atoms with Gasteiger partial charge in [-0.3, -0.25) is 5.10 Å². The number of allylic oxidation sites excluding steroid dienone is 3. The molecule has 1 aromatic heterocycles. The van der Waals surface area contributed by atoms with Crippen molar-refractivity contribution >= 4 is 0 Å². The lowest BCUT2D eigenvalue weighted by atomic mass is 9.91. The summed E-state index contributed by atoms with van der Waals surface area (Å²) >= 11 is 0. The summed E-state index contributed by atoms with van der Waals surface area (Å²) in [6.07, 6.45) is 7.49. The number of benzene rings is 2. The number of aliphatic hydroxyl groups is 1. The van der Waals surface area contributed by atoms with Gasteiger partial charge in [0, 0.05) is 42.1 Å². The van der Waals surface area contributed by atoms with E-state index in [1.54, 1.807) is 6.08 Å². The topological polar surface area (TPSA) is 60.9 Å². The fraction of sp³-hybridized carbons (Fsp3) is 0.321. The number of nitrogens with zero attached hydrogens (tertiary/aromatic N) is 1. The summed E-state index contributed by atoms with van der Waals surface area (Å²) in [7, 11) is 0. The highest BCUT2D eigenvalue weighted by Gasteiger charge is 2.25. The minimum Gasteiger partial charge on any atom is -0.508 e. The molecule has 5 rings (SSSR count). The standard InChI is InChI=1S/C28H31N3O/c1-28(2,3)17-29-16-18-4-5-22-15-25-26(30-31-27(25)24(22)14-18)21-8-6-19(7-9-21)20-10-12-23(32)13-11-20/h4-10,12-14,20,29,32H,11,15-17H2,1-3H3,(H,30,31). The normalized spacial score (nSPS) is 17.2. The molecule has 32 heavy (non-hydrogen) atoms. The molecule has 164 valence electrons. The number of rotatable bonds is 5. The number of nitrogens with one attached hydrogen (secondary N) is 2. The van der Waals surface area contributed by atoms with E-state index in [0.717, 1.165) is 42.9 Å². The molecule has 1 heterocycles. The van der Waals surface area contributed by atoms with Crippen LogP contribution in [-0.4, -0.2) is 21.8 Å². The third kappa shape index (κ3) is 4.15. The highest BCUT2D eigenvalue weighted by atomic mass is 16.3. The zero-order valence-electron chi connectivity index (χ0n) is 19.1. The van der Waals surface area contributed by atoms with Crippen molar-refractivity contribution < 1.29 is 5.11 Å². The first-order chi connectivity index (χ1) is 15.4. The van der Waals surface area contributed by atoms with Gasteiger partial charge in [-0.25, -0.2) is 0 Å². The van der Waals surface area contributed by atoms with Gasteiger partial charge in [0.15, 0.2) is 0 Å². The van der Waals surface area contributed by atoms with Gasteiger partial charge in [0.25, 0.3) is 0 Å². The summed E-state index contributed by atoms with van der Waals surface area (Å²) in [5.41, 5.74) is 10.1. The van der Waals surface area contributed by atoms with Crippen LogP contribution in [0.25, 0.3) is 22.5 Å². The van der Waals surface area contributed by atoms with Crippen LogP contribution < -0.4 is 5.32 Å². The first kappa shape index (κ1) is 20.8. The van der Waals surface area contributed by atoms with Crippen LogP contribution in [0.3, 0.4) is 0 Å². The smallest absolute Gasteiger partial charge is 0.111 e. The Morgan fingerprint density at radius 1 is 1.12 bits per heavy atom. The number of fused-ring (bicyclic) bond motifs is 3. The Balaban J connectivity index is 1.34. The van der Waals surface area contributed by atoms with Gasteiger partial charge in [-0.2, -0.15) is 5.10 Å². The minimum atomic E-state index is 0.281. The van der Waals surface area contributed by atoms with E-state index in [9.17, 15) is 5.11 Å². The number of hydrogen-bond donors (Lipinski definition) is 3. The van der Waals surface area contributed by atoms with Crippen LogP contribution in [0.4, 0.5) is 0 Å². The Bertz CT molecular complexity index is 1190. The van der Waals surface area contributed by atoms with Crippen molar-refractivity contribution in [1.29, 1.82) is 0 Å². The van der Waals surface area contributed by atoms with Gasteiger partial charge in [0.2, 0.25) is 0 Å². The maximum atomic E-state index is 9.56. The van der Waals surface area contributed by atoms with Gasteiger partial charge >= 0.3 is 0 Å². The molecular weight excluding hydrogens is 394 g/mol. The largest absolute Gasteiger partial charge is 0.508 e. The molecule has 2 aliphatic carbocycles. The third-order valence-electron chi connectivity index (χ3n) is 6.35. The number of aromatic nitrogens is 2. The Labute approximate surface area is 190 Å². The zero-order chi connectivity index (χ0) is 22.3. The minimum absolute atomic E-state index is 0.281. The molecule has 0 bridgehead atoms. The average molecular weight is 426 g/mol. The molecule has 0 fully saturated rings. The maximum Gasteiger partial charge on any atom is 0.111 e. The monoisotopic (exact) mass is 425 g/mol. The molecule has 0 aliphatic heterocycles. The van der Waals surface area contributed by atoms with E-state index >= 15 is 0 Å². The van der Waals surface area contributed by atoms with Crippen molar-refractivity contribution in [2.24, 2.45) is 5.41 Å². The van der Waals surface area contributed by atoms with E-state index in [2.05, 4.69) is 84.8 Å². The molecule has 3 aromatic rings. The van der Waals surface area contributed by atoms with E-state index in [1.165, 1.54) is 27.8 Å². The molecule has 0 radical (unpaired) electrons. The van der Waals surface area contributed by atoms with Gasteiger partial charge in [-0.15, -0.1) is 0 Å². The fourth-order valence-electron chi connectivity index (χ4n) is 4.64. The predicted molar refractivity (Wildman–Crippen MR) is 131 cm³/mol. The molecule has 1 unspecified atom stereocenters. The highest BCUT2D eigenvalue weighted by Crippen LogP contribution is 2.40. The number of hydrogen-bond acceptors (Lipinski definition) is 3. The predicted octanol–water partition coefficient (Wildman–Crippen LogP) is 6.27. The number of aromatic amines is 1. The summed E-state index contributed by atoms with van der Waals surface area (Å²) in [6.45, 7) is 8.63. The number of H-pyrrole nitrogens is 1. The first-order valence-electron chi connectivity index (χ1n) is 11.5. The highest BCUT2D eigenvalue weighted by molar-refractivity contribution is 5.81.